The smallest absolute Gasteiger partial charge is 0.341 e. The first kappa shape index (κ1) is 20.8. The summed E-state index contributed by atoms with van der Waals surface area (Å²) in [6.45, 7) is 2.69. The van der Waals surface area contributed by atoms with Crippen LogP contribution >= 0.6 is 0 Å². The number of nitrogens with zero attached hydrogens (tertiary/aromatic N) is 3. The van der Waals surface area contributed by atoms with Crippen molar-refractivity contribution >= 4 is 16.0 Å². The molecule has 12 heteroatoms. The number of nitrogens with two attached hydrogens (primary N) is 1. The largest absolute Gasteiger partial charge is 0.419 e. The van der Waals surface area contributed by atoms with E-state index in [-0.39, 0.29) is 30.3 Å². The summed E-state index contributed by atoms with van der Waals surface area (Å²) >= 11 is 0. The van der Waals surface area contributed by atoms with Crippen LogP contribution in [0.25, 0.3) is 0 Å². The lowest BCUT2D eigenvalue weighted by molar-refractivity contribution is -0.138. The molecular weight excluding hydrogens is 375 g/mol. The molecule has 1 fully saturated rings. The Bertz CT molecular complexity index is 674. The zero-order valence-electron chi connectivity index (χ0n) is 14.2. The lowest BCUT2D eigenvalue weighted by Crippen LogP contribution is -2.39. The predicted molar refractivity (Wildman–Crippen MR) is 88.5 cm³/mol. The Balaban J connectivity index is 1.83. The average Bonchev–Trinajstić information content (AvgIpc) is 2.54. The molecule has 1 aromatic heterocycles. The van der Waals surface area contributed by atoms with E-state index in [4.69, 9.17) is 10.6 Å². The average molecular weight is 397 g/mol. The second kappa shape index (κ2) is 8.46. The first-order valence-electron chi connectivity index (χ1n) is 8.08. The van der Waals surface area contributed by atoms with Crippen LogP contribution in [-0.2, 0) is 21.0 Å². The Hall–Kier alpha value is -1.50. The number of alkyl halides is 3. The number of nitrogens with one attached hydrogen (secondary N) is 1. The third-order valence-electron chi connectivity index (χ3n) is 3.85. The van der Waals surface area contributed by atoms with Crippen molar-refractivity contribution in [3.63, 3.8) is 0 Å². The summed E-state index contributed by atoms with van der Waals surface area (Å²) in [5.74, 6) is 0.0306. The maximum Gasteiger partial charge on any atom is 0.419 e. The highest BCUT2D eigenvalue weighted by Gasteiger charge is 2.32. The van der Waals surface area contributed by atoms with Gasteiger partial charge in [0.25, 0.3) is 0 Å². The monoisotopic (exact) mass is 397 g/mol. The van der Waals surface area contributed by atoms with E-state index in [1.807, 2.05) is 4.89 Å². The molecule has 1 aliphatic rings. The van der Waals surface area contributed by atoms with E-state index in [0.29, 0.717) is 25.9 Å². The molecule has 3 N–H and O–H groups in total. The van der Waals surface area contributed by atoms with Crippen LogP contribution in [0.4, 0.5) is 19.1 Å². The quantitative estimate of drug-likeness (QED) is 0.658. The molecule has 1 unspecified atom stereocenters. The molecular formula is C14H22F3N5O3S. The molecule has 8 nitrogen and oxygen atoms in total. The molecule has 2 heterocycles. The Morgan fingerprint density at radius 1 is 1.35 bits per heavy atom. The molecule has 0 aromatic carbocycles. The van der Waals surface area contributed by atoms with Crippen molar-refractivity contribution < 1.29 is 26.4 Å². The summed E-state index contributed by atoms with van der Waals surface area (Å²) in [5.41, 5.74) is 4.57. The molecule has 2 rings (SSSR count). The van der Waals surface area contributed by atoms with Gasteiger partial charge in [0, 0.05) is 31.5 Å². The van der Waals surface area contributed by atoms with Crippen molar-refractivity contribution in [1.29, 1.82) is 0 Å². The van der Waals surface area contributed by atoms with E-state index in [1.165, 1.54) is 0 Å². The number of halogens is 3. The number of sulfonamides is 1. The van der Waals surface area contributed by atoms with Gasteiger partial charge < -0.3 is 10.6 Å². The second-order valence-corrected chi connectivity index (χ2v) is 8.08. The van der Waals surface area contributed by atoms with E-state index in [1.54, 1.807) is 11.8 Å². The maximum absolute atomic E-state index is 12.5. The topological polar surface area (TPSA) is 110 Å². The minimum Gasteiger partial charge on any atom is -0.341 e. The summed E-state index contributed by atoms with van der Waals surface area (Å²) in [5, 5.41) is 0. The predicted octanol–water partition coefficient (Wildman–Crippen LogP) is 0.910. The summed E-state index contributed by atoms with van der Waals surface area (Å²) in [4.78, 5) is 16.1. The minimum atomic E-state index is -4.48. The van der Waals surface area contributed by atoms with E-state index >= 15 is 0 Å². The highest BCUT2D eigenvalue weighted by atomic mass is 32.2. The summed E-state index contributed by atoms with van der Waals surface area (Å²) in [7, 11) is -3.58. The van der Waals surface area contributed by atoms with Gasteiger partial charge in [0.2, 0.25) is 16.0 Å². The van der Waals surface area contributed by atoms with Gasteiger partial charge >= 0.3 is 6.18 Å². The molecule has 1 aliphatic heterocycles. The van der Waals surface area contributed by atoms with Crippen LogP contribution in [0.5, 0.6) is 0 Å². The van der Waals surface area contributed by atoms with Crippen LogP contribution in [0.2, 0.25) is 0 Å². The summed E-state index contributed by atoms with van der Waals surface area (Å²) < 4.78 is 61.5. The molecule has 148 valence electrons. The molecule has 1 saturated heterocycles. The number of piperidine rings is 1. The number of hydrogen-bond acceptors (Lipinski definition) is 7. The van der Waals surface area contributed by atoms with Crippen LogP contribution in [0.1, 0.15) is 25.3 Å². The highest BCUT2D eigenvalue weighted by Crippen LogP contribution is 2.29. The van der Waals surface area contributed by atoms with Crippen LogP contribution in [0.3, 0.4) is 0 Å². The SMILES string of the molecule is CC(N)CONS(=O)(=O)CC1CCN(c2ncc(C(F)(F)F)cn2)CC1. The van der Waals surface area contributed by atoms with Gasteiger partial charge in [-0.25, -0.2) is 18.4 Å². The first-order valence-corrected chi connectivity index (χ1v) is 9.73. The minimum absolute atomic E-state index is 0.0724. The van der Waals surface area contributed by atoms with Crippen molar-refractivity contribution in [2.75, 3.05) is 30.3 Å². The first-order chi connectivity index (χ1) is 12.1. The van der Waals surface area contributed by atoms with Crippen molar-refractivity contribution in [3.05, 3.63) is 18.0 Å². The zero-order chi connectivity index (χ0) is 19.4. The van der Waals surface area contributed by atoms with Gasteiger partial charge in [-0.05, 0) is 25.7 Å². The fraction of sp³-hybridized carbons (Fsp3) is 0.714. The van der Waals surface area contributed by atoms with Gasteiger partial charge in [0.1, 0.15) is 0 Å². The Labute approximate surface area is 149 Å². The lowest BCUT2D eigenvalue weighted by atomic mass is 9.99. The normalized spacial score (nSPS) is 18.1. The standard InChI is InChI=1S/C14H22F3N5O3S/c1-10(18)8-25-21-26(23,24)9-11-2-4-22(5-3-11)13-19-6-12(7-20-13)14(15,16)17/h6-7,10-11,21H,2-5,8-9,18H2,1H3. The van der Waals surface area contributed by atoms with Crippen molar-refractivity contribution in [3.8, 4) is 0 Å². The number of anilines is 1. The van der Waals surface area contributed by atoms with Crippen LogP contribution in [0.15, 0.2) is 12.4 Å². The third-order valence-corrected chi connectivity index (χ3v) is 5.13. The molecule has 1 aromatic rings. The van der Waals surface area contributed by atoms with Crippen molar-refractivity contribution in [2.45, 2.75) is 32.0 Å². The number of hydrogen-bond donors (Lipinski definition) is 2. The fourth-order valence-electron chi connectivity index (χ4n) is 2.53. The molecule has 0 bridgehead atoms. The van der Waals surface area contributed by atoms with Gasteiger partial charge in [-0.3, -0.25) is 4.84 Å². The molecule has 0 amide bonds. The Kier molecular flexibility index (Phi) is 6.77. The van der Waals surface area contributed by atoms with E-state index in [0.717, 1.165) is 12.4 Å². The highest BCUT2D eigenvalue weighted by molar-refractivity contribution is 7.89. The van der Waals surface area contributed by atoms with Crippen LogP contribution in [-0.4, -0.2) is 49.9 Å². The third kappa shape index (κ3) is 6.34. The zero-order valence-corrected chi connectivity index (χ0v) is 15.1. The van der Waals surface area contributed by atoms with E-state index < -0.39 is 21.8 Å². The van der Waals surface area contributed by atoms with Gasteiger partial charge in [-0.1, -0.05) is 4.89 Å². The Morgan fingerprint density at radius 2 is 1.92 bits per heavy atom. The van der Waals surface area contributed by atoms with Crippen molar-refractivity contribution in [1.82, 2.24) is 14.9 Å². The van der Waals surface area contributed by atoms with E-state index in [2.05, 4.69) is 9.97 Å². The lowest BCUT2D eigenvalue weighted by Gasteiger charge is -2.31. The molecule has 1 atom stereocenters. The summed E-state index contributed by atoms with van der Waals surface area (Å²) in [6.07, 6.45) is -1.87. The van der Waals surface area contributed by atoms with Crippen molar-refractivity contribution in [2.24, 2.45) is 11.7 Å². The molecule has 0 spiro atoms. The molecule has 0 aliphatic carbocycles. The summed E-state index contributed by atoms with van der Waals surface area (Å²) in [6, 6.07) is -0.287. The molecule has 0 saturated carbocycles. The van der Waals surface area contributed by atoms with E-state index in [9.17, 15) is 21.6 Å². The fourth-order valence-corrected chi connectivity index (χ4v) is 3.80. The van der Waals surface area contributed by atoms with Crippen LogP contribution in [0, 0.1) is 5.92 Å². The number of aromatic nitrogens is 2. The van der Waals surface area contributed by atoms with Gasteiger partial charge in [0.15, 0.2) is 0 Å². The van der Waals surface area contributed by atoms with Gasteiger partial charge in [-0.15, -0.1) is 0 Å². The molecule has 0 radical (unpaired) electrons. The molecule has 26 heavy (non-hydrogen) atoms. The maximum atomic E-state index is 12.5. The Morgan fingerprint density at radius 3 is 2.42 bits per heavy atom. The van der Waals surface area contributed by atoms with Crippen LogP contribution < -0.4 is 15.5 Å². The number of rotatable bonds is 7. The second-order valence-electron chi connectivity index (χ2n) is 6.35. The van der Waals surface area contributed by atoms with Gasteiger partial charge in [-0.2, -0.15) is 13.2 Å². The van der Waals surface area contributed by atoms with Gasteiger partial charge in [0.05, 0.1) is 17.9 Å².